The molecule has 0 aromatic carbocycles. The van der Waals surface area contributed by atoms with Crippen LogP contribution in [-0.4, -0.2) is 23.3 Å². The van der Waals surface area contributed by atoms with Crippen molar-refractivity contribution >= 4 is 11.8 Å². The van der Waals surface area contributed by atoms with Crippen molar-refractivity contribution in [1.82, 2.24) is 4.90 Å². The van der Waals surface area contributed by atoms with Crippen molar-refractivity contribution in [2.24, 2.45) is 35.5 Å². The maximum absolute atomic E-state index is 12.2. The third kappa shape index (κ3) is 2.08. The average Bonchev–Trinajstić information content (AvgIpc) is 3.02. The van der Waals surface area contributed by atoms with Crippen LogP contribution in [0.25, 0.3) is 0 Å². The maximum atomic E-state index is 12.2. The molecule has 0 radical (unpaired) electrons. The van der Waals surface area contributed by atoms with E-state index in [0.29, 0.717) is 35.4 Å². The van der Waals surface area contributed by atoms with E-state index in [0.717, 1.165) is 17.8 Å². The van der Waals surface area contributed by atoms with Crippen molar-refractivity contribution in [2.75, 3.05) is 6.54 Å². The number of hydrogen-bond donors (Lipinski definition) is 0. The lowest BCUT2D eigenvalue weighted by atomic mass is 9.70. The minimum Gasteiger partial charge on any atom is -0.275 e. The molecular formula is C18H27NO2. The number of rotatable bonds is 3. The molecule has 1 aliphatic heterocycles. The van der Waals surface area contributed by atoms with Crippen LogP contribution < -0.4 is 0 Å². The molecule has 0 aromatic rings. The summed E-state index contributed by atoms with van der Waals surface area (Å²) >= 11 is 0. The van der Waals surface area contributed by atoms with E-state index in [4.69, 9.17) is 0 Å². The van der Waals surface area contributed by atoms with Gasteiger partial charge in [-0.1, -0.05) is 20.8 Å². The number of carbonyl (C=O) groups is 2. The summed E-state index contributed by atoms with van der Waals surface area (Å²) in [4.78, 5) is 26.0. The van der Waals surface area contributed by atoms with Gasteiger partial charge in [-0.25, -0.2) is 0 Å². The van der Waals surface area contributed by atoms with Crippen molar-refractivity contribution in [2.45, 2.75) is 47.5 Å². The summed E-state index contributed by atoms with van der Waals surface area (Å²) in [5.41, 5.74) is 1.27. The van der Waals surface area contributed by atoms with Crippen LogP contribution in [0.2, 0.25) is 0 Å². The lowest BCUT2D eigenvalue weighted by Crippen LogP contribution is -2.40. The first-order valence-corrected chi connectivity index (χ1v) is 8.36. The Hall–Kier alpha value is -1.12. The van der Waals surface area contributed by atoms with Crippen molar-refractivity contribution in [3.05, 3.63) is 11.1 Å². The molecule has 0 saturated heterocycles. The van der Waals surface area contributed by atoms with E-state index in [9.17, 15) is 9.59 Å². The fourth-order valence-corrected chi connectivity index (χ4v) is 5.34. The lowest BCUT2D eigenvalue weighted by molar-refractivity contribution is -0.138. The van der Waals surface area contributed by atoms with Gasteiger partial charge in [0, 0.05) is 17.7 Å². The third-order valence-corrected chi connectivity index (χ3v) is 6.51. The number of nitrogens with zero attached hydrogens (tertiary/aromatic N) is 1. The van der Waals surface area contributed by atoms with Gasteiger partial charge in [-0.3, -0.25) is 14.5 Å². The Labute approximate surface area is 127 Å². The lowest BCUT2D eigenvalue weighted by Gasteiger charge is -2.37. The van der Waals surface area contributed by atoms with E-state index in [2.05, 4.69) is 20.8 Å². The molecule has 116 valence electrons. The molecule has 2 amide bonds. The highest BCUT2D eigenvalue weighted by Crippen LogP contribution is 2.57. The van der Waals surface area contributed by atoms with Crippen LogP contribution in [0.15, 0.2) is 11.1 Å². The fraction of sp³-hybridized carbons (Fsp3) is 0.778. The third-order valence-electron chi connectivity index (χ3n) is 6.51. The maximum Gasteiger partial charge on any atom is 0.256 e. The zero-order valence-corrected chi connectivity index (χ0v) is 13.8. The molecule has 0 spiro atoms. The highest BCUT2D eigenvalue weighted by Gasteiger charge is 2.52. The quantitative estimate of drug-likeness (QED) is 0.748. The summed E-state index contributed by atoms with van der Waals surface area (Å²) in [6.45, 7) is 11.2. The number of carbonyl (C=O) groups excluding carboxylic acids is 2. The van der Waals surface area contributed by atoms with Crippen LogP contribution in [0.5, 0.6) is 0 Å². The van der Waals surface area contributed by atoms with Crippen molar-refractivity contribution < 1.29 is 9.59 Å². The van der Waals surface area contributed by atoms with E-state index < -0.39 is 0 Å². The van der Waals surface area contributed by atoms with Gasteiger partial charge in [-0.05, 0) is 62.2 Å². The summed E-state index contributed by atoms with van der Waals surface area (Å²) < 4.78 is 0. The van der Waals surface area contributed by atoms with E-state index in [1.807, 2.05) is 0 Å². The first kappa shape index (κ1) is 14.8. The van der Waals surface area contributed by atoms with E-state index in [1.54, 1.807) is 13.8 Å². The number of amides is 2. The Morgan fingerprint density at radius 3 is 2.14 bits per heavy atom. The first-order chi connectivity index (χ1) is 9.82. The summed E-state index contributed by atoms with van der Waals surface area (Å²) in [5, 5.41) is 0. The smallest absolute Gasteiger partial charge is 0.256 e. The van der Waals surface area contributed by atoms with Gasteiger partial charge in [-0.15, -0.1) is 0 Å². The zero-order chi connectivity index (χ0) is 15.5. The van der Waals surface area contributed by atoms with Crippen molar-refractivity contribution in [3.8, 4) is 0 Å². The normalized spacial score (nSPS) is 39.3. The van der Waals surface area contributed by atoms with Crippen molar-refractivity contribution in [3.63, 3.8) is 0 Å². The molecule has 2 aliphatic carbocycles. The second-order valence-corrected chi connectivity index (χ2v) is 7.81. The molecule has 0 N–H and O–H groups in total. The summed E-state index contributed by atoms with van der Waals surface area (Å²) in [6.07, 6.45) is 2.50. The zero-order valence-electron chi connectivity index (χ0n) is 13.8. The molecule has 5 unspecified atom stereocenters. The van der Waals surface area contributed by atoms with Gasteiger partial charge in [0.15, 0.2) is 0 Å². The second-order valence-electron chi connectivity index (χ2n) is 7.81. The predicted molar refractivity (Wildman–Crippen MR) is 82.3 cm³/mol. The predicted octanol–water partition coefficient (Wildman–Crippen LogP) is 3.26. The van der Waals surface area contributed by atoms with Gasteiger partial charge in [0.05, 0.1) is 0 Å². The van der Waals surface area contributed by atoms with Crippen LogP contribution in [0.4, 0.5) is 0 Å². The summed E-state index contributed by atoms with van der Waals surface area (Å²) in [7, 11) is 0. The van der Waals surface area contributed by atoms with E-state index in [-0.39, 0.29) is 11.8 Å². The molecule has 1 heterocycles. The molecule has 3 heteroatoms. The van der Waals surface area contributed by atoms with Gasteiger partial charge in [0.1, 0.15) is 0 Å². The van der Waals surface area contributed by atoms with Gasteiger partial charge in [0.2, 0.25) is 0 Å². The molecule has 21 heavy (non-hydrogen) atoms. The van der Waals surface area contributed by atoms with Crippen molar-refractivity contribution in [1.29, 1.82) is 0 Å². The minimum absolute atomic E-state index is 0.0607. The van der Waals surface area contributed by atoms with E-state index >= 15 is 0 Å². The van der Waals surface area contributed by atoms with Crippen LogP contribution in [0.3, 0.4) is 0 Å². The van der Waals surface area contributed by atoms with Crippen LogP contribution in [-0.2, 0) is 9.59 Å². The van der Waals surface area contributed by atoms with Gasteiger partial charge in [-0.2, -0.15) is 0 Å². The second kappa shape index (κ2) is 4.96. The van der Waals surface area contributed by atoms with Gasteiger partial charge >= 0.3 is 0 Å². The van der Waals surface area contributed by atoms with E-state index in [1.165, 1.54) is 17.7 Å². The molecule has 5 atom stereocenters. The Morgan fingerprint density at radius 1 is 1.10 bits per heavy atom. The monoisotopic (exact) mass is 289 g/mol. The molecule has 3 rings (SSSR count). The molecule has 2 fully saturated rings. The summed E-state index contributed by atoms with van der Waals surface area (Å²) in [5.74, 6) is 4.16. The number of fused-ring (bicyclic) bond motifs is 2. The highest BCUT2D eigenvalue weighted by atomic mass is 16.2. The molecule has 2 saturated carbocycles. The Kier molecular flexibility index (Phi) is 3.50. The van der Waals surface area contributed by atoms with Gasteiger partial charge in [0.25, 0.3) is 11.8 Å². The topological polar surface area (TPSA) is 37.4 Å². The van der Waals surface area contributed by atoms with Gasteiger partial charge < -0.3 is 0 Å². The SMILES string of the molecule is CC1=C(C)C(=O)N(CC2CC3CC2C(C(C)C)C3C)C1=O. The van der Waals surface area contributed by atoms with Crippen LogP contribution >= 0.6 is 0 Å². The standard InChI is InChI=1S/C18H27NO2/c1-9(2)16-12(5)13-6-14(15(16)7-13)8-19-17(20)10(3)11(4)18(19)21/h9,12-16H,6-8H2,1-5H3. The molecule has 2 bridgehead atoms. The van der Waals surface area contributed by atoms with Crippen LogP contribution in [0.1, 0.15) is 47.5 Å². The molecule has 0 aromatic heterocycles. The first-order valence-electron chi connectivity index (χ1n) is 8.36. The fourth-order valence-electron chi connectivity index (χ4n) is 5.34. The Morgan fingerprint density at radius 2 is 1.67 bits per heavy atom. The Bertz CT molecular complexity index is 495. The average molecular weight is 289 g/mol. The minimum atomic E-state index is -0.0607. The number of imide groups is 1. The molecule has 3 nitrogen and oxygen atoms in total. The summed E-state index contributed by atoms with van der Waals surface area (Å²) in [6, 6.07) is 0. The molecule has 3 aliphatic rings. The van der Waals surface area contributed by atoms with Crippen LogP contribution in [0, 0.1) is 35.5 Å². The highest BCUT2D eigenvalue weighted by molar-refractivity contribution is 6.18. The number of hydrogen-bond acceptors (Lipinski definition) is 2. The molecular weight excluding hydrogens is 262 g/mol. The largest absolute Gasteiger partial charge is 0.275 e. The Balaban J connectivity index is 1.74.